The molecule has 1 N–H and O–H groups in total. The van der Waals surface area contributed by atoms with Gasteiger partial charge in [-0.25, -0.2) is 14.4 Å². The van der Waals surface area contributed by atoms with E-state index in [1.54, 1.807) is 56.3 Å². The summed E-state index contributed by atoms with van der Waals surface area (Å²) in [7, 11) is 1.51. The van der Waals surface area contributed by atoms with Crippen molar-refractivity contribution in [2.45, 2.75) is 33.8 Å². The third kappa shape index (κ3) is 6.96. The van der Waals surface area contributed by atoms with E-state index in [1.165, 1.54) is 7.11 Å². The van der Waals surface area contributed by atoms with Gasteiger partial charge in [0.1, 0.15) is 29.5 Å². The number of aromatic amines is 1. The zero-order valence-electron chi connectivity index (χ0n) is 26.1. The highest BCUT2D eigenvalue weighted by Crippen LogP contribution is 2.43. The van der Waals surface area contributed by atoms with Gasteiger partial charge in [-0.1, -0.05) is 13.0 Å². The van der Waals surface area contributed by atoms with Crippen molar-refractivity contribution in [3.05, 3.63) is 65.4 Å². The zero-order chi connectivity index (χ0) is 32.6. The maximum absolute atomic E-state index is 13.8. The molecule has 0 bridgehead atoms. The fraction of sp³-hybridized carbons (Fsp3) is 0.324. The third-order valence-electron chi connectivity index (χ3n) is 7.18. The van der Waals surface area contributed by atoms with Crippen LogP contribution in [0, 0.1) is 0 Å². The molecule has 5 rings (SSSR count). The number of hydrogen-bond acceptors (Lipinski definition) is 11. The number of H-pyrrole nitrogens is 1. The number of aromatic nitrogens is 1. The van der Waals surface area contributed by atoms with Gasteiger partial charge in [-0.05, 0) is 62.2 Å². The van der Waals surface area contributed by atoms with Crippen LogP contribution in [0.5, 0.6) is 28.7 Å². The van der Waals surface area contributed by atoms with E-state index in [1.807, 2.05) is 13.0 Å². The summed E-state index contributed by atoms with van der Waals surface area (Å²) in [6, 6.07) is 14.0. The molecule has 4 aromatic rings. The first-order valence-corrected chi connectivity index (χ1v) is 14.8. The largest absolute Gasteiger partial charge is 0.497 e. The predicted molar refractivity (Wildman–Crippen MR) is 166 cm³/mol. The molecule has 12 nitrogen and oxygen atoms in total. The van der Waals surface area contributed by atoms with Crippen LogP contribution in [0.2, 0.25) is 0 Å². The van der Waals surface area contributed by atoms with E-state index in [-0.39, 0.29) is 45.5 Å². The molecule has 2 heterocycles. The van der Waals surface area contributed by atoms with Crippen molar-refractivity contribution in [3.63, 3.8) is 0 Å². The second-order valence-electron chi connectivity index (χ2n) is 10.00. The van der Waals surface area contributed by atoms with Crippen LogP contribution in [-0.2, 0) is 36.8 Å². The number of hydrogen-bond donors (Lipinski definition) is 1. The van der Waals surface area contributed by atoms with Crippen LogP contribution in [0.15, 0.2) is 48.5 Å². The number of aryl methyl sites for hydroxylation is 1. The number of ether oxygens (including phenoxy) is 8. The lowest BCUT2D eigenvalue weighted by molar-refractivity contribution is -0.146. The quantitative estimate of drug-likeness (QED) is 0.141. The third-order valence-corrected chi connectivity index (χ3v) is 7.18. The highest BCUT2D eigenvalue weighted by Gasteiger charge is 2.26. The Morgan fingerprint density at radius 2 is 1.52 bits per heavy atom. The van der Waals surface area contributed by atoms with Gasteiger partial charge in [-0.2, -0.15) is 0 Å². The van der Waals surface area contributed by atoms with E-state index in [9.17, 15) is 14.4 Å². The molecule has 0 radical (unpaired) electrons. The number of benzene rings is 3. The Kier molecular flexibility index (Phi) is 10.2. The maximum atomic E-state index is 13.8. The van der Waals surface area contributed by atoms with Gasteiger partial charge >= 0.3 is 17.9 Å². The first kappa shape index (κ1) is 32.0. The summed E-state index contributed by atoms with van der Waals surface area (Å²) >= 11 is 0. The molecular weight excluding hydrogens is 598 g/mol. The van der Waals surface area contributed by atoms with Crippen LogP contribution >= 0.6 is 0 Å². The summed E-state index contributed by atoms with van der Waals surface area (Å²) in [6.45, 7) is 5.21. The lowest BCUT2D eigenvalue weighted by Gasteiger charge is -2.14. The molecule has 46 heavy (non-hydrogen) atoms. The van der Waals surface area contributed by atoms with Crippen LogP contribution in [0.4, 0.5) is 0 Å². The van der Waals surface area contributed by atoms with Gasteiger partial charge in [0.05, 0.1) is 20.3 Å². The van der Waals surface area contributed by atoms with Crippen molar-refractivity contribution in [3.8, 4) is 39.9 Å². The lowest BCUT2D eigenvalue weighted by atomic mass is 9.96. The molecule has 0 fully saturated rings. The monoisotopic (exact) mass is 633 g/mol. The minimum atomic E-state index is -0.632. The minimum absolute atomic E-state index is 0.0933. The number of methoxy groups -OCH3 is 1. The Labute approximate surface area is 265 Å². The summed E-state index contributed by atoms with van der Waals surface area (Å²) in [5.41, 5.74) is 3.43. The predicted octanol–water partition coefficient (Wildman–Crippen LogP) is 5.38. The smallest absolute Gasteiger partial charge is 0.355 e. The SMILES string of the molecule is CCOC(=O)COc1cc(OC)ccc1COC(=O)c1[nH]c2ccc(OCC(=O)OCC)c(CC)c2c1-c1ccc2c(c1)OCO2. The second-order valence-corrected chi connectivity index (χ2v) is 10.00. The summed E-state index contributed by atoms with van der Waals surface area (Å²) < 4.78 is 43.8. The summed E-state index contributed by atoms with van der Waals surface area (Å²) in [6.07, 6.45) is 0.534. The highest BCUT2D eigenvalue weighted by atomic mass is 16.7. The second kappa shape index (κ2) is 14.6. The molecule has 1 aliphatic rings. The number of esters is 3. The van der Waals surface area contributed by atoms with Gasteiger partial charge in [0.15, 0.2) is 24.7 Å². The van der Waals surface area contributed by atoms with Crippen molar-refractivity contribution in [1.82, 2.24) is 4.98 Å². The van der Waals surface area contributed by atoms with E-state index >= 15 is 0 Å². The average molecular weight is 634 g/mol. The van der Waals surface area contributed by atoms with Crippen molar-refractivity contribution < 1.29 is 52.3 Å². The van der Waals surface area contributed by atoms with Gasteiger partial charge in [-0.3, -0.25) is 0 Å². The molecular formula is C34H35NO11. The van der Waals surface area contributed by atoms with Gasteiger partial charge in [-0.15, -0.1) is 0 Å². The minimum Gasteiger partial charge on any atom is -0.497 e. The standard InChI is InChI=1S/C34H35NO11/c1-5-23-25(42-17-29(36)40-6-2)13-11-24-32(23)31(20-9-12-26-28(14-20)46-19-45-26)33(35-24)34(38)44-16-21-8-10-22(39-4)15-27(21)43-18-30(37)41-7-3/h8-15,35H,5-7,16-19H2,1-4H3. The van der Waals surface area contributed by atoms with Crippen LogP contribution < -0.4 is 23.7 Å². The molecule has 0 saturated heterocycles. The summed E-state index contributed by atoms with van der Waals surface area (Å²) in [5, 5.41) is 0.734. The Morgan fingerprint density at radius 1 is 0.804 bits per heavy atom. The summed E-state index contributed by atoms with van der Waals surface area (Å²) in [5.74, 6) is 0.794. The number of nitrogens with one attached hydrogen (secondary N) is 1. The molecule has 0 atom stereocenters. The molecule has 1 aliphatic heterocycles. The van der Waals surface area contributed by atoms with E-state index in [4.69, 9.17) is 37.9 Å². The Bertz CT molecular complexity index is 1740. The molecule has 0 aliphatic carbocycles. The van der Waals surface area contributed by atoms with Gasteiger partial charge in [0.25, 0.3) is 0 Å². The zero-order valence-corrected chi connectivity index (χ0v) is 26.1. The fourth-order valence-electron chi connectivity index (χ4n) is 5.13. The maximum Gasteiger partial charge on any atom is 0.355 e. The molecule has 0 saturated carbocycles. The lowest BCUT2D eigenvalue weighted by Crippen LogP contribution is -2.15. The molecule has 1 aromatic heterocycles. The molecule has 0 spiro atoms. The van der Waals surface area contributed by atoms with Crippen molar-refractivity contribution in [2.24, 2.45) is 0 Å². The van der Waals surface area contributed by atoms with Crippen LogP contribution in [0.1, 0.15) is 42.4 Å². The van der Waals surface area contributed by atoms with Crippen molar-refractivity contribution in [1.29, 1.82) is 0 Å². The topological polar surface area (TPSA) is 141 Å². The molecule has 0 amide bonds. The number of carbonyl (C=O) groups excluding carboxylic acids is 3. The van der Waals surface area contributed by atoms with E-state index in [0.717, 1.165) is 10.9 Å². The van der Waals surface area contributed by atoms with Crippen LogP contribution in [0.3, 0.4) is 0 Å². The Hall–Kier alpha value is -5.39. The average Bonchev–Trinajstić information content (AvgIpc) is 3.70. The first-order valence-electron chi connectivity index (χ1n) is 14.8. The Balaban J connectivity index is 1.51. The van der Waals surface area contributed by atoms with Crippen molar-refractivity contribution >= 4 is 28.8 Å². The van der Waals surface area contributed by atoms with E-state index in [2.05, 4.69) is 4.98 Å². The molecule has 12 heteroatoms. The molecule has 3 aromatic carbocycles. The van der Waals surface area contributed by atoms with Crippen molar-refractivity contribution in [2.75, 3.05) is 40.3 Å². The number of fused-ring (bicyclic) bond motifs is 2. The highest BCUT2D eigenvalue weighted by molar-refractivity contribution is 6.10. The van der Waals surface area contributed by atoms with Gasteiger partial charge in [0, 0.05) is 33.7 Å². The van der Waals surface area contributed by atoms with Gasteiger partial charge < -0.3 is 42.9 Å². The van der Waals surface area contributed by atoms with E-state index < -0.39 is 17.9 Å². The fourth-order valence-corrected chi connectivity index (χ4v) is 5.13. The Morgan fingerprint density at radius 3 is 2.22 bits per heavy atom. The molecule has 0 unspecified atom stereocenters. The number of carbonyl (C=O) groups is 3. The van der Waals surface area contributed by atoms with Crippen LogP contribution in [0.25, 0.3) is 22.0 Å². The molecule has 242 valence electrons. The van der Waals surface area contributed by atoms with Gasteiger partial charge in [0.2, 0.25) is 6.79 Å². The normalized spacial score (nSPS) is 11.7. The summed E-state index contributed by atoms with van der Waals surface area (Å²) in [4.78, 5) is 41.0. The number of rotatable bonds is 14. The van der Waals surface area contributed by atoms with E-state index in [0.29, 0.717) is 57.4 Å². The first-order chi connectivity index (χ1) is 22.4. The van der Waals surface area contributed by atoms with Crippen LogP contribution in [-0.4, -0.2) is 63.2 Å².